The number of halogens is 1. The van der Waals surface area contributed by atoms with Gasteiger partial charge in [-0.25, -0.2) is 4.98 Å². The molecule has 1 saturated heterocycles. The SMILES string of the molecule is O=C1CC(CBr)CN1c1nc2ccc([N+](=O)[O-])cc2s1. The van der Waals surface area contributed by atoms with E-state index in [2.05, 4.69) is 20.9 Å². The monoisotopic (exact) mass is 355 g/mol. The van der Waals surface area contributed by atoms with Crippen LogP contribution in [0.4, 0.5) is 10.8 Å². The van der Waals surface area contributed by atoms with Gasteiger partial charge in [0.15, 0.2) is 5.13 Å². The van der Waals surface area contributed by atoms with Crippen molar-refractivity contribution in [1.29, 1.82) is 0 Å². The van der Waals surface area contributed by atoms with Crippen LogP contribution in [0.3, 0.4) is 0 Å². The van der Waals surface area contributed by atoms with Gasteiger partial charge in [-0.15, -0.1) is 0 Å². The molecule has 1 atom stereocenters. The Hall–Kier alpha value is -1.54. The van der Waals surface area contributed by atoms with Crippen LogP contribution in [0.25, 0.3) is 10.2 Å². The molecule has 0 radical (unpaired) electrons. The number of nitro groups is 1. The number of benzene rings is 1. The van der Waals surface area contributed by atoms with Gasteiger partial charge >= 0.3 is 0 Å². The topological polar surface area (TPSA) is 76.3 Å². The molecule has 1 fully saturated rings. The smallest absolute Gasteiger partial charge is 0.270 e. The number of hydrogen-bond donors (Lipinski definition) is 0. The molecular formula is C12H10BrN3O3S. The van der Waals surface area contributed by atoms with Crippen molar-refractivity contribution < 1.29 is 9.72 Å². The number of rotatable bonds is 3. The van der Waals surface area contributed by atoms with Crippen molar-refractivity contribution in [2.24, 2.45) is 5.92 Å². The summed E-state index contributed by atoms with van der Waals surface area (Å²) < 4.78 is 0.726. The Morgan fingerprint density at radius 2 is 2.35 bits per heavy atom. The van der Waals surface area contributed by atoms with Crippen molar-refractivity contribution >= 4 is 54.2 Å². The van der Waals surface area contributed by atoms with Gasteiger partial charge in [-0.1, -0.05) is 27.3 Å². The number of non-ortho nitro benzene ring substituents is 1. The quantitative estimate of drug-likeness (QED) is 0.481. The first-order valence-corrected chi connectivity index (χ1v) is 7.93. The summed E-state index contributed by atoms with van der Waals surface area (Å²) in [6, 6.07) is 4.55. The van der Waals surface area contributed by atoms with Crippen LogP contribution in [0.1, 0.15) is 6.42 Å². The lowest BCUT2D eigenvalue weighted by Crippen LogP contribution is -2.24. The van der Waals surface area contributed by atoms with Crippen LogP contribution in [0, 0.1) is 16.0 Å². The number of carbonyl (C=O) groups excluding carboxylic acids is 1. The number of nitrogens with zero attached hydrogens (tertiary/aromatic N) is 3. The van der Waals surface area contributed by atoms with Crippen molar-refractivity contribution in [3.8, 4) is 0 Å². The van der Waals surface area contributed by atoms with E-state index >= 15 is 0 Å². The molecule has 104 valence electrons. The third kappa shape index (κ3) is 2.29. The number of alkyl halides is 1. The van der Waals surface area contributed by atoms with Crippen molar-refractivity contribution in [1.82, 2.24) is 4.98 Å². The van der Waals surface area contributed by atoms with Gasteiger partial charge in [-0.2, -0.15) is 0 Å². The standard InChI is InChI=1S/C12H10BrN3O3S/c13-5-7-3-11(17)15(6-7)12-14-9-2-1-8(16(18)19)4-10(9)20-12/h1-2,4,7H,3,5-6H2. The number of carbonyl (C=O) groups is 1. The van der Waals surface area contributed by atoms with E-state index in [0.717, 1.165) is 10.0 Å². The second-order valence-electron chi connectivity index (χ2n) is 4.63. The van der Waals surface area contributed by atoms with Gasteiger partial charge in [0, 0.05) is 30.4 Å². The Morgan fingerprint density at radius 3 is 3.00 bits per heavy atom. The number of anilines is 1. The van der Waals surface area contributed by atoms with Crippen LogP contribution in [-0.2, 0) is 4.79 Å². The van der Waals surface area contributed by atoms with Gasteiger partial charge in [0.25, 0.3) is 5.69 Å². The van der Waals surface area contributed by atoms with Crippen LogP contribution in [0.2, 0.25) is 0 Å². The molecule has 1 aromatic heterocycles. The minimum absolute atomic E-state index is 0.0405. The third-order valence-electron chi connectivity index (χ3n) is 3.23. The molecule has 0 spiro atoms. The Balaban J connectivity index is 1.97. The zero-order chi connectivity index (χ0) is 14.3. The first kappa shape index (κ1) is 13.4. The van der Waals surface area contributed by atoms with Crippen LogP contribution < -0.4 is 4.90 Å². The molecule has 0 saturated carbocycles. The number of amides is 1. The van der Waals surface area contributed by atoms with Crippen molar-refractivity contribution in [2.75, 3.05) is 16.8 Å². The summed E-state index contributed by atoms with van der Waals surface area (Å²) in [7, 11) is 0. The van der Waals surface area contributed by atoms with Gasteiger partial charge in [-0.3, -0.25) is 19.8 Å². The lowest BCUT2D eigenvalue weighted by molar-refractivity contribution is -0.384. The molecule has 1 unspecified atom stereocenters. The summed E-state index contributed by atoms with van der Waals surface area (Å²) in [5.74, 6) is 0.354. The Bertz CT molecular complexity index is 702. The minimum atomic E-state index is -0.430. The summed E-state index contributed by atoms with van der Waals surface area (Å²) >= 11 is 4.71. The lowest BCUT2D eigenvalue weighted by atomic mass is 10.2. The van der Waals surface area contributed by atoms with E-state index in [-0.39, 0.29) is 11.6 Å². The predicted molar refractivity (Wildman–Crippen MR) is 80.5 cm³/mol. The van der Waals surface area contributed by atoms with Crippen molar-refractivity contribution in [3.05, 3.63) is 28.3 Å². The van der Waals surface area contributed by atoms with Gasteiger partial charge in [0.2, 0.25) is 5.91 Å². The minimum Gasteiger partial charge on any atom is -0.288 e. The number of aromatic nitrogens is 1. The number of fused-ring (bicyclic) bond motifs is 1. The molecule has 1 aliphatic rings. The van der Waals surface area contributed by atoms with E-state index in [1.54, 1.807) is 11.0 Å². The molecule has 1 aliphatic heterocycles. The molecule has 8 heteroatoms. The zero-order valence-electron chi connectivity index (χ0n) is 10.3. The summed E-state index contributed by atoms with van der Waals surface area (Å²) in [4.78, 5) is 28.4. The van der Waals surface area contributed by atoms with E-state index in [1.807, 2.05) is 0 Å². The Morgan fingerprint density at radius 1 is 1.55 bits per heavy atom. The second-order valence-corrected chi connectivity index (χ2v) is 6.29. The second kappa shape index (κ2) is 5.10. The van der Waals surface area contributed by atoms with E-state index in [0.29, 0.717) is 29.5 Å². The van der Waals surface area contributed by atoms with Crippen LogP contribution in [-0.4, -0.2) is 27.7 Å². The summed E-state index contributed by atoms with van der Waals surface area (Å²) in [6.45, 7) is 0.645. The van der Waals surface area contributed by atoms with E-state index in [4.69, 9.17) is 0 Å². The molecule has 0 N–H and O–H groups in total. The maximum Gasteiger partial charge on any atom is 0.270 e. The number of nitro benzene ring substituents is 1. The summed E-state index contributed by atoms with van der Waals surface area (Å²) in [6.07, 6.45) is 0.515. The first-order chi connectivity index (χ1) is 9.58. The Labute approximate surface area is 126 Å². The highest BCUT2D eigenvalue weighted by atomic mass is 79.9. The van der Waals surface area contributed by atoms with Gasteiger partial charge < -0.3 is 0 Å². The molecule has 0 bridgehead atoms. The van der Waals surface area contributed by atoms with E-state index in [1.165, 1.54) is 23.5 Å². The largest absolute Gasteiger partial charge is 0.288 e. The van der Waals surface area contributed by atoms with Crippen molar-refractivity contribution in [2.45, 2.75) is 6.42 Å². The van der Waals surface area contributed by atoms with E-state index in [9.17, 15) is 14.9 Å². The Kier molecular flexibility index (Phi) is 3.43. The molecule has 2 aromatic rings. The maximum atomic E-state index is 12.0. The van der Waals surface area contributed by atoms with Crippen LogP contribution >= 0.6 is 27.3 Å². The molecule has 1 aromatic carbocycles. The number of hydrogen-bond acceptors (Lipinski definition) is 5. The average molecular weight is 356 g/mol. The molecule has 2 heterocycles. The van der Waals surface area contributed by atoms with Crippen molar-refractivity contribution in [3.63, 3.8) is 0 Å². The highest BCUT2D eigenvalue weighted by Gasteiger charge is 2.31. The lowest BCUT2D eigenvalue weighted by Gasteiger charge is -2.11. The van der Waals surface area contributed by atoms with Gasteiger partial charge in [0.05, 0.1) is 15.1 Å². The highest BCUT2D eigenvalue weighted by Crippen LogP contribution is 2.34. The van der Waals surface area contributed by atoms with Crippen LogP contribution in [0.15, 0.2) is 18.2 Å². The fourth-order valence-electron chi connectivity index (χ4n) is 2.20. The summed E-state index contributed by atoms with van der Waals surface area (Å²) in [5.41, 5.74) is 0.726. The molecule has 6 nitrogen and oxygen atoms in total. The average Bonchev–Trinajstić information content (AvgIpc) is 3.00. The first-order valence-electron chi connectivity index (χ1n) is 6.00. The molecule has 20 heavy (non-hydrogen) atoms. The number of thiazole rings is 1. The van der Waals surface area contributed by atoms with Crippen LogP contribution in [0.5, 0.6) is 0 Å². The fraction of sp³-hybridized carbons (Fsp3) is 0.333. The third-order valence-corrected chi connectivity index (χ3v) is 5.18. The molecule has 3 rings (SSSR count). The molecule has 1 amide bonds. The highest BCUT2D eigenvalue weighted by molar-refractivity contribution is 9.09. The molecular weight excluding hydrogens is 346 g/mol. The fourth-order valence-corrected chi connectivity index (χ4v) is 3.66. The zero-order valence-corrected chi connectivity index (χ0v) is 12.7. The molecule has 0 aliphatic carbocycles. The normalized spacial score (nSPS) is 18.9. The van der Waals surface area contributed by atoms with Gasteiger partial charge in [0.1, 0.15) is 0 Å². The van der Waals surface area contributed by atoms with Gasteiger partial charge in [-0.05, 0) is 12.0 Å². The maximum absolute atomic E-state index is 12.0. The van der Waals surface area contributed by atoms with E-state index < -0.39 is 4.92 Å². The summed E-state index contributed by atoms with van der Waals surface area (Å²) in [5, 5.41) is 12.2. The predicted octanol–water partition coefficient (Wildman–Crippen LogP) is 2.95.